The van der Waals surface area contributed by atoms with E-state index in [1.54, 1.807) is 24.3 Å². The molecule has 6 aromatic carbocycles. The van der Waals surface area contributed by atoms with Crippen LogP contribution in [0.5, 0.6) is 17.2 Å². The van der Waals surface area contributed by atoms with Gasteiger partial charge in [0.2, 0.25) is 0 Å². The zero-order chi connectivity index (χ0) is 44.5. The fraction of sp³-hybridized carbons (Fsp3) is 0.259. The summed E-state index contributed by atoms with van der Waals surface area (Å²) in [5.74, 6) is 3.17. The van der Waals surface area contributed by atoms with Gasteiger partial charge < -0.3 is 19.2 Å². The monoisotopic (exact) mass is 909 g/mol. The average Bonchev–Trinajstić information content (AvgIpc) is 3.33. The Hall–Kier alpha value is -6.46. The van der Waals surface area contributed by atoms with Crippen molar-refractivity contribution in [3.05, 3.63) is 183 Å². The summed E-state index contributed by atoms with van der Waals surface area (Å²) in [6.07, 6.45) is 9.14. The summed E-state index contributed by atoms with van der Waals surface area (Å²) in [6.45, 7) is 0. The molecule has 2 saturated carbocycles. The van der Waals surface area contributed by atoms with Gasteiger partial charge in [-0.3, -0.25) is 9.59 Å². The van der Waals surface area contributed by atoms with Crippen LogP contribution in [0.2, 0.25) is 0 Å². The number of nitriles is 2. The van der Waals surface area contributed by atoms with Crippen molar-refractivity contribution in [1.82, 2.24) is 0 Å². The molecule has 6 aromatic rings. The molecule has 8 nitrogen and oxygen atoms in total. The Morgan fingerprint density at radius 2 is 1.12 bits per heavy atom. The summed E-state index contributed by atoms with van der Waals surface area (Å²) in [5.41, 5.74) is 6.34. The standard InChI is InChI=1S/C27H23NO2.C20H19BrO2.C7H5BNO2/c28-18-19-6-4-9-21(14-19)22-11-12-26-24(15-22)25(29)17-27(30-26)13-5-10-23(16-27)20-7-2-1-3-8-20;21-16-8-9-19-17(11-16)18(22)13-20(23-19)10-4-7-15(12-20)14-5-2-1-3-6-14;9-5-6-2-1-3-7(4-6)11-8-10/h1-4,6-9,11-12,14-15,23H,5,10,13,16-17H2;1-3,5-6,8-9,11,15H,4,7,10,12-13H2;1-4,10H. The van der Waals surface area contributed by atoms with Crippen LogP contribution in [0.3, 0.4) is 0 Å². The van der Waals surface area contributed by atoms with E-state index >= 15 is 0 Å². The molecule has 2 spiro atoms. The third-order valence-electron chi connectivity index (χ3n) is 12.8. The lowest BCUT2D eigenvalue weighted by atomic mass is 9.71. The fourth-order valence-corrected chi connectivity index (χ4v) is 10.1. The molecular formula is C54H47BBrN2O6. The maximum Gasteiger partial charge on any atom is 0.569 e. The maximum atomic E-state index is 13.2. The zero-order valence-electron chi connectivity index (χ0n) is 35.4. The molecule has 0 amide bonds. The smallest absolute Gasteiger partial charge is 0.537 e. The predicted octanol–water partition coefficient (Wildman–Crippen LogP) is 12.3. The van der Waals surface area contributed by atoms with Crippen LogP contribution in [0, 0.1) is 22.7 Å². The molecule has 319 valence electrons. The van der Waals surface area contributed by atoms with E-state index in [4.69, 9.17) is 25.0 Å². The van der Waals surface area contributed by atoms with Gasteiger partial charge in [0.15, 0.2) is 11.6 Å². The van der Waals surface area contributed by atoms with E-state index in [0.29, 0.717) is 66.1 Å². The topological polar surface area (TPSA) is 130 Å². The van der Waals surface area contributed by atoms with Crippen LogP contribution in [-0.4, -0.2) is 35.5 Å². The first-order chi connectivity index (χ1) is 31.2. The van der Waals surface area contributed by atoms with Crippen molar-refractivity contribution in [1.29, 1.82) is 10.5 Å². The second kappa shape index (κ2) is 19.9. The molecule has 0 saturated heterocycles. The number of ketones is 2. The predicted molar refractivity (Wildman–Crippen MR) is 250 cm³/mol. The quantitative estimate of drug-likeness (QED) is 0.169. The maximum absolute atomic E-state index is 13.2. The number of halogens is 1. The lowest BCUT2D eigenvalue weighted by molar-refractivity contribution is 0.00651. The van der Waals surface area contributed by atoms with E-state index in [9.17, 15) is 9.59 Å². The first-order valence-electron chi connectivity index (χ1n) is 21.8. The van der Waals surface area contributed by atoms with Crippen LogP contribution in [-0.2, 0) is 0 Å². The molecule has 1 radical (unpaired) electrons. The van der Waals surface area contributed by atoms with Crippen molar-refractivity contribution in [2.75, 3.05) is 0 Å². The van der Waals surface area contributed by atoms with Gasteiger partial charge in [0.25, 0.3) is 0 Å². The van der Waals surface area contributed by atoms with Crippen LogP contribution in [0.4, 0.5) is 0 Å². The first kappa shape index (κ1) is 44.2. The Morgan fingerprint density at radius 3 is 1.69 bits per heavy atom. The van der Waals surface area contributed by atoms with Gasteiger partial charge in [-0.1, -0.05) is 101 Å². The molecule has 2 fully saturated rings. The Balaban J connectivity index is 0.000000145. The Labute approximate surface area is 383 Å². The molecule has 10 rings (SSSR count). The zero-order valence-corrected chi connectivity index (χ0v) is 37.0. The van der Waals surface area contributed by atoms with Crippen molar-refractivity contribution in [3.8, 4) is 40.5 Å². The van der Waals surface area contributed by atoms with Crippen molar-refractivity contribution in [2.45, 2.75) is 87.2 Å². The van der Waals surface area contributed by atoms with Crippen LogP contribution in [0.1, 0.15) is 119 Å². The highest BCUT2D eigenvalue weighted by molar-refractivity contribution is 9.10. The summed E-state index contributed by atoms with van der Waals surface area (Å²) < 4.78 is 18.5. The molecule has 4 aliphatic rings. The molecule has 2 aliphatic heterocycles. The summed E-state index contributed by atoms with van der Waals surface area (Å²) in [7, 11) is 0.580. The van der Waals surface area contributed by atoms with Gasteiger partial charge in [0.05, 0.1) is 47.2 Å². The van der Waals surface area contributed by atoms with E-state index in [2.05, 4.69) is 81.3 Å². The molecule has 10 heteroatoms. The van der Waals surface area contributed by atoms with Crippen molar-refractivity contribution in [3.63, 3.8) is 0 Å². The van der Waals surface area contributed by atoms with Crippen molar-refractivity contribution >= 4 is 35.2 Å². The molecule has 2 heterocycles. The highest BCUT2D eigenvalue weighted by atomic mass is 79.9. The number of hydrogen-bond acceptors (Lipinski definition) is 8. The molecule has 4 atom stereocenters. The van der Waals surface area contributed by atoms with E-state index in [0.717, 1.165) is 66.3 Å². The Morgan fingerprint density at radius 1 is 0.609 bits per heavy atom. The van der Waals surface area contributed by atoms with Crippen LogP contribution < -0.4 is 14.1 Å². The van der Waals surface area contributed by atoms with Gasteiger partial charge in [-0.2, -0.15) is 10.5 Å². The number of carbonyl (C=O) groups excluding carboxylic acids is 2. The number of ether oxygens (including phenoxy) is 2. The fourth-order valence-electron chi connectivity index (χ4n) is 9.78. The number of fused-ring (bicyclic) bond motifs is 2. The minimum Gasteiger partial charge on any atom is -0.537 e. The largest absolute Gasteiger partial charge is 0.569 e. The minimum absolute atomic E-state index is 0.156. The number of nitrogens with zero attached hydrogens (tertiary/aromatic N) is 2. The van der Waals surface area contributed by atoms with Gasteiger partial charge in [-0.05, 0) is 146 Å². The Bertz CT molecular complexity index is 2720. The van der Waals surface area contributed by atoms with Crippen LogP contribution >= 0.6 is 15.9 Å². The summed E-state index contributed by atoms with van der Waals surface area (Å²) in [6, 6.07) is 50.9. The second-order valence-corrected chi connectivity index (χ2v) is 18.0. The highest BCUT2D eigenvalue weighted by Gasteiger charge is 2.45. The molecule has 0 bridgehead atoms. The third-order valence-corrected chi connectivity index (χ3v) is 13.3. The summed E-state index contributed by atoms with van der Waals surface area (Å²) >= 11 is 3.44. The minimum atomic E-state index is -0.398. The molecule has 1 N–H and O–H groups in total. The molecule has 2 aliphatic carbocycles. The molecule has 4 unspecified atom stereocenters. The van der Waals surface area contributed by atoms with E-state index in [1.165, 1.54) is 23.6 Å². The molecule has 64 heavy (non-hydrogen) atoms. The summed E-state index contributed by atoms with van der Waals surface area (Å²) in [5, 5.41) is 25.9. The molecular weight excluding hydrogens is 863 g/mol. The van der Waals surface area contributed by atoms with Gasteiger partial charge in [-0.15, -0.1) is 0 Å². The van der Waals surface area contributed by atoms with Crippen molar-refractivity contribution < 1.29 is 28.7 Å². The number of benzene rings is 6. The number of carbonyl (C=O) groups is 2. The average molecular weight is 911 g/mol. The normalized spacial score (nSPS) is 21.7. The van der Waals surface area contributed by atoms with Gasteiger partial charge in [0.1, 0.15) is 28.5 Å². The van der Waals surface area contributed by atoms with E-state index < -0.39 is 5.60 Å². The number of hydrogen-bond donors (Lipinski definition) is 1. The van der Waals surface area contributed by atoms with E-state index in [-0.39, 0.29) is 17.2 Å². The van der Waals surface area contributed by atoms with Gasteiger partial charge >= 0.3 is 7.69 Å². The first-order valence-corrected chi connectivity index (χ1v) is 22.6. The highest BCUT2D eigenvalue weighted by Crippen LogP contribution is 2.48. The van der Waals surface area contributed by atoms with Gasteiger partial charge in [0, 0.05) is 4.47 Å². The lowest BCUT2D eigenvalue weighted by Crippen LogP contribution is -2.45. The van der Waals surface area contributed by atoms with Crippen molar-refractivity contribution in [2.24, 2.45) is 0 Å². The lowest BCUT2D eigenvalue weighted by Gasteiger charge is -2.43. The Kier molecular flexibility index (Phi) is 13.8. The third kappa shape index (κ3) is 10.3. The second-order valence-electron chi connectivity index (χ2n) is 17.1. The number of Topliss-reactive ketones (excluding diaryl/α,β-unsaturated/α-hetero) is 2. The number of rotatable bonds is 5. The van der Waals surface area contributed by atoms with Crippen LogP contribution in [0.25, 0.3) is 11.1 Å². The SMILES string of the molecule is N#Cc1cccc(-c2ccc3c(c2)C(=O)CC2(CCCC(c4ccccc4)C2)O3)c1.N#Cc1cccc(O[B]O)c1.O=C1CC2(CCCC(c3ccccc3)C2)Oc2ccc(Br)cc21. The van der Waals surface area contributed by atoms with Crippen LogP contribution in [0.15, 0.2) is 150 Å². The van der Waals surface area contributed by atoms with Gasteiger partial charge in [-0.25, -0.2) is 0 Å². The summed E-state index contributed by atoms with van der Waals surface area (Å²) in [4.78, 5) is 25.8. The molecule has 0 aromatic heterocycles. The van der Waals surface area contributed by atoms with E-state index in [1.807, 2.05) is 66.7 Å².